The van der Waals surface area contributed by atoms with Gasteiger partial charge in [-0.1, -0.05) is 42.8 Å². The van der Waals surface area contributed by atoms with E-state index >= 15 is 0 Å². The van der Waals surface area contributed by atoms with Crippen molar-refractivity contribution < 1.29 is 23.9 Å². The van der Waals surface area contributed by atoms with Gasteiger partial charge in [0.15, 0.2) is 0 Å². The Morgan fingerprint density at radius 3 is 2.50 bits per heavy atom. The molecule has 1 aliphatic carbocycles. The third-order valence-corrected chi connectivity index (χ3v) is 11.9. The summed E-state index contributed by atoms with van der Waals surface area (Å²) in [4.78, 5) is 52.3. The molecule has 2 aromatic carbocycles. The lowest BCUT2D eigenvalue weighted by molar-refractivity contribution is -0.146. The predicted molar refractivity (Wildman–Crippen MR) is 197 cm³/mol. The summed E-state index contributed by atoms with van der Waals surface area (Å²) in [5.74, 6) is -0.165. The van der Waals surface area contributed by atoms with E-state index in [2.05, 4.69) is 27.6 Å². The molecule has 0 bridgehead atoms. The first-order chi connectivity index (χ1) is 25.1. The van der Waals surface area contributed by atoms with Crippen molar-refractivity contribution in [2.75, 3.05) is 40.0 Å². The van der Waals surface area contributed by atoms with Gasteiger partial charge in [-0.25, -0.2) is 4.98 Å². The number of nitrogens with one attached hydrogen (secondary N) is 3. The molecule has 3 amide bonds. The van der Waals surface area contributed by atoms with Gasteiger partial charge < -0.3 is 30.0 Å². The van der Waals surface area contributed by atoms with Gasteiger partial charge in [-0.15, -0.1) is 0 Å². The number of nitrogens with zero attached hydrogens (tertiary/aromatic N) is 4. The summed E-state index contributed by atoms with van der Waals surface area (Å²) in [6.45, 7) is 6.34. The molecule has 12 nitrogen and oxygen atoms in total. The Balaban J connectivity index is 1.27. The Hall–Kier alpha value is -4.26. The minimum absolute atomic E-state index is 0.0112. The zero-order valence-corrected chi connectivity index (χ0v) is 31.0. The van der Waals surface area contributed by atoms with Crippen molar-refractivity contribution >= 4 is 40.4 Å². The van der Waals surface area contributed by atoms with Crippen LogP contribution in [0.1, 0.15) is 85.4 Å². The predicted octanol–water partition coefficient (Wildman–Crippen LogP) is 5.05. The lowest BCUT2D eigenvalue weighted by Crippen LogP contribution is -2.57. The molecule has 2 aromatic heterocycles. The summed E-state index contributed by atoms with van der Waals surface area (Å²) in [5.41, 5.74) is 2.48. The number of halogens is 1. The SMILES string of the molecule is CCNC(=O)[C@@H](C1CCOCC1)N(C)C(=O)C1(c2ccc3[nH]c([C@@H](NC(=O)c4ccnn4C)[C@H](c4ccccc4Cl)C4(C)CC4)nc3c2)CCOC1. The van der Waals surface area contributed by atoms with E-state index in [1.807, 2.05) is 49.4 Å². The molecule has 3 N–H and O–H groups in total. The molecular weight excluding hydrogens is 682 g/mol. The Morgan fingerprint density at radius 1 is 1.08 bits per heavy atom. The van der Waals surface area contributed by atoms with E-state index in [9.17, 15) is 14.4 Å². The quantitative estimate of drug-likeness (QED) is 0.185. The average molecular weight is 730 g/mol. The van der Waals surface area contributed by atoms with Crippen LogP contribution >= 0.6 is 11.6 Å². The Bertz CT molecular complexity index is 1940. The molecule has 4 atom stereocenters. The van der Waals surface area contributed by atoms with E-state index in [4.69, 9.17) is 26.1 Å². The zero-order chi connectivity index (χ0) is 36.6. The number of aromatic nitrogens is 4. The number of rotatable bonds is 12. The van der Waals surface area contributed by atoms with Crippen molar-refractivity contribution in [2.45, 2.75) is 69.4 Å². The van der Waals surface area contributed by atoms with E-state index in [1.165, 1.54) is 0 Å². The van der Waals surface area contributed by atoms with Crippen molar-refractivity contribution in [3.8, 4) is 0 Å². The maximum Gasteiger partial charge on any atom is 0.270 e. The van der Waals surface area contributed by atoms with E-state index < -0.39 is 17.5 Å². The first-order valence-electron chi connectivity index (χ1n) is 18.3. The Labute approximate surface area is 309 Å². The fraction of sp³-hybridized carbons (Fsp3) is 0.513. The molecule has 2 saturated heterocycles. The minimum Gasteiger partial charge on any atom is -0.381 e. The fourth-order valence-corrected chi connectivity index (χ4v) is 8.60. The van der Waals surface area contributed by atoms with Crippen LogP contribution in [0.4, 0.5) is 0 Å². The fourth-order valence-electron chi connectivity index (χ4n) is 8.35. The summed E-state index contributed by atoms with van der Waals surface area (Å²) in [5, 5.41) is 11.1. The number of imidazole rings is 1. The van der Waals surface area contributed by atoms with Gasteiger partial charge in [-0.2, -0.15) is 5.10 Å². The summed E-state index contributed by atoms with van der Waals surface area (Å²) < 4.78 is 13.1. The lowest BCUT2D eigenvalue weighted by atomic mass is 9.77. The van der Waals surface area contributed by atoms with Crippen LogP contribution in [0.5, 0.6) is 0 Å². The summed E-state index contributed by atoms with van der Waals surface area (Å²) in [7, 11) is 3.48. The number of aryl methyl sites for hydroxylation is 1. The normalized spacial score (nSPS) is 21.7. The maximum absolute atomic E-state index is 14.7. The number of ether oxygens (including phenoxy) is 2. The highest BCUT2D eigenvalue weighted by atomic mass is 35.5. The van der Waals surface area contributed by atoms with Gasteiger partial charge in [0.05, 0.1) is 29.1 Å². The van der Waals surface area contributed by atoms with Gasteiger partial charge in [0.2, 0.25) is 11.8 Å². The first-order valence-corrected chi connectivity index (χ1v) is 18.7. The van der Waals surface area contributed by atoms with Gasteiger partial charge >= 0.3 is 0 Å². The van der Waals surface area contributed by atoms with E-state index in [1.54, 1.807) is 35.9 Å². The number of hydrogen-bond donors (Lipinski definition) is 3. The van der Waals surface area contributed by atoms with Crippen LogP contribution in [0.15, 0.2) is 54.7 Å². The van der Waals surface area contributed by atoms with Gasteiger partial charge in [0, 0.05) is 57.6 Å². The van der Waals surface area contributed by atoms with Crippen LogP contribution in [0.25, 0.3) is 11.0 Å². The van der Waals surface area contributed by atoms with Crippen molar-refractivity contribution in [3.05, 3.63) is 82.4 Å². The highest BCUT2D eigenvalue weighted by molar-refractivity contribution is 6.31. The van der Waals surface area contributed by atoms with Crippen LogP contribution < -0.4 is 10.6 Å². The number of carbonyl (C=O) groups excluding carboxylic acids is 3. The number of likely N-dealkylation sites (N-methyl/N-ethyl adjacent to an activating group) is 2. The molecule has 4 aromatic rings. The van der Waals surface area contributed by atoms with Crippen LogP contribution in [-0.2, 0) is 31.5 Å². The molecular formula is C39H48ClN7O5. The molecule has 7 rings (SSSR count). The molecule has 4 heterocycles. The summed E-state index contributed by atoms with van der Waals surface area (Å²) >= 11 is 6.86. The van der Waals surface area contributed by atoms with Crippen molar-refractivity contribution in [1.82, 2.24) is 35.3 Å². The molecule has 0 radical (unpaired) electrons. The molecule has 13 heteroatoms. The topological polar surface area (TPSA) is 143 Å². The van der Waals surface area contributed by atoms with E-state index in [-0.39, 0.29) is 41.6 Å². The number of amides is 3. The van der Waals surface area contributed by atoms with Crippen molar-refractivity contribution in [3.63, 3.8) is 0 Å². The number of carbonyl (C=O) groups is 3. The second-order valence-electron chi connectivity index (χ2n) is 14.9. The van der Waals surface area contributed by atoms with E-state index in [0.29, 0.717) is 67.7 Å². The second-order valence-corrected chi connectivity index (χ2v) is 15.3. The van der Waals surface area contributed by atoms with E-state index in [0.717, 1.165) is 29.5 Å². The van der Waals surface area contributed by atoms with Gasteiger partial charge in [-0.3, -0.25) is 19.1 Å². The summed E-state index contributed by atoms with van der Waals surface area (Å²) in [6, 6.07) is 14.2. The molecule has 3 fully saturated rings. The van der Waals surface area contributed by atoms with Crippen LogP contribution in [0, 0.1) is 11.3 Å². The molecule has 0 spiro atoms. The molecule has 276 valence electrons. The first kappa shape index (κ1) is 36.1. The third kappa shape index (κ3) is 6.72. The van der Waals surface area contributed by atoms with Crippen molar-refractivity contribution in [2.24, 2.45) is 18.4 Å². The molecule has 2 aliphatic heterocycles. The van der Waals surface area contributed by atoms with Gasteiger partial charge in [-0.05, 0) is 85.8 Å². The molecule has 52 heavy (non-hydrogen) atoms. The Kier molecular flexibility index (Phi) is 10.2. The minimum atomic E-state index is -0.993. The van der Waals surface area contributed by atoms with Gasteiger partial charge in [0.25, 0.3) is 5.91 Å². The smallest absolute Gasteiger partial charge is 0.270 e. The second kappa shape index (κ2) is 14.6. The van der Waals surface area contributed by atoms with Crippen LogP contribution in [-0.4, -0.2) is 88.4 Å². The average Bonchev–Trinajstić information content (AvgIpc) is 3.51. The monoisotopic (exact) mass is 729 g/mol. The maximum atomic E-state index is 14.7. The number of benzene rings is 2. The summed E-state index contributed by atoms with van der Waals surface area (Å²) in [6.07, 6.45) is 5.45. The van der Waals surface area contributed by atoms with Crippen LogP contribution in [0.3, 0.4) is 0 Å². The zero-order valence-electron chi connectivity index (χ0n) is 30.3. The number of H-pyrrole nitrogens is 1. The Morgan fingerprint density at radius 2 is 1.85 bits per heavy atom. The number of aromatic amines is 1. The highest BCUT2D eigenvalue weighted by Crippen LogP contribution is 2.60. The number of hydrogen-bond acceptors (Lipinski definition) is 7. The van der Waals surface area contributed by atoms with Crippen LogP contribution in [0.2, 0.25) is 5.02 Å². The lowest BCUT2D eigenvalue weighted by Gasteiger charge is -2.39. The molecule has 3 aliphatic rings. The largest absolute Gasteiger partial charge is 0.381 e. The molecule has 1 saturated carbocycles. The number of fused-ring (bicyclic) bond motifs is 1. The molecule has 1 unspecified atom stereocenters. The third-order valence-electron chi connectivity index (χ3n) is 11.6. The van der Waals surface area contributed by atoms with Crippen molar-refractivity contribution in [1.29, 1.82) is 0 Å². The highest BCUT2D eigenvalue weighted by Gasteiger charge is 2.52. The van der Waals surface area contributed by atoms with Gasteiger partial charge in [0.1, 0.15) is 17.6 Å². The standard InChI is InChI=1S/C39H48ClN7O5/c1-5-41-36(49)33(24-13-19-51-20-14-24)46(3)37(50)39(17-21-52-23-39)25-10-11-28-29(22-25)44-34(43-28)32(45-35(48)30-12-18-42-47(30)4)31(38(2)15-16-38)26-8-6-7-9-27(26)40/h6-12,18,22,24,31-33H,5,13-17,19-21,23H2,1-4H3,(H,41,49)(H,43,44)(H,45,48)/t31-,32-,33+,39?/m0/s1.